The predicted molar refractivity (Wildman–Crippen MR) is 169 cm³/mol. The minimum atomic E-state index is -1.20. The lowest BCUT2D eigenvalue weighted by atomic mass is 9.95. The molecule has 0 spiro atoms. The van der Waals surface area contributed by atoms with Crippen LogP contribution in [0.1, 0.15) is 64.7 Å². The maximum Gasteiger partial charge on any atom is 0.338 e. The van der Waals surface area contributed by atoms with Gasteiger partial charge in [-0.2, -0.15) is 0 Å². The van der Waals surface area contributed by atoms with Gasteiger partial charge in [0.1, 0.15) is 12.1 Å². The highest BCUT2D eigenvalue weighted by molar-refractivity contribution is 5.90. The van der Waals surface area contributed by atoms with E-state index in [-0.39, 0.29) is 18.7 Å². The zero-order valence-corrected chi connectivity index (χ0v) is 26.7. The summed E-state index contributed by atoms with van der Waals surface area (Å²) in [6.45, 7) is 2.23. The van der Waals surface area contributed by atoms with Gasteiger partial charge in [-0.15, -0.1) is 10.2 Å². The molecule has 4 aromatic rings. The number of benzene rings is 2. The fourth-order valence-electron chi connectivity index (χ4n) is 5.90. The Morgan fingerprint density at radius 3 is 1.98 bits per heavy atom. The normalized spacial score (nSPS) is 23.5. The minimum absolute atomic E-state index is 0.104. The third-order valence-corrected chi connectivity index (χ3v) is 8.24. The van der Waals surface area contributed by atoms with Crippen molar-refractivity contribution in [3.63, 3.8) is 0 Å². The second kappa shape index (κ2) is 15.8. The largest absolute Gasteiger partial charge is 0.452 e. The molecule has 2 aromatic heterocycles. The number of carbonyl (C=O) groups excluding carboxylic acids is 3. The second-order valence-electron chi connectivity index (χ2n) is 11.9. The second-order valence-corrected chi connectivity index (χ2v) is 11.9. The van der Waals surface area contributed by atoms with Crippen molar-refractivity contribution in [1.29, 1.82) is 0 Å². The number of hydrogen-bond acceptors (Lipinski definition) is 11. The number of nitrogens with zero attached hydrogens (tertiary/aromatic N) is 6. The Labute approximate surface area is 277 Å². The number of esters is 2. The summed E-state index contributed by atoms with van der Waals surface area (Å²) >= 11 is 0. The maximum absolute atomic E-state index is 13.5. The van der Waals surface area contributed by atoms with Crippen molar-refractivity contribution < 1.29 is 33.3 Å². The molecule has 0 saturated carbocycles. The van der Waals surface area contributed by atoms with Crippen molar-refractivity contribution in [3.05, 3.63) is 95.6 Å². The number of ether oxygens (including phenoxy) is 4. The van der Waals surface area contributed by atoms with Crippen LogP contribution in [0.2, 0.25) is 0 Å². The Kier molecular flexibility index (Phi) is 10.8. The number of amides is 1. The Morgan fingerprint density at radius 2 is 1.35 bits per heavy atom. The lowest BCUT2D eigenvalue weighted by Gasteiger charge is -2.45. The first-order chi connectivity index (χ1) is 23.4. The van der Waals surface area contributed by atoms with Crippen LogP contribution in [0.4, 0.5) is 0 Å². The van der Waals surface area contributed by atoms with E-state index in [1.807, 2.05) is 12.4 Å². The summed E-state index contributed by atoms with van der Waals surface area (Å²) in [7, 11) is 0. The molecule has 1 amide bonds. The molecule has 1 fully saturated rings. The SMILES string of the molecule is CC(=O)N[C@H]1[C@H]2OCCCn3cc(nn3)CCCCCc3cn(nn3)C[C@@H](O2)[C@@H](OC(=O)c2ccccc2)[C@@H]1OC(=O)c1ccccc1. The number of nitrogens with one attached hydrogen (secondary N) is 1. The first kappa shape index (κ1) is 33.0. The zero-order valence-electron chi connectivity index (χ0n) is 26.7. The van der Waals surface area contributed by atoms with Gasteiger partial charge >= 0.3 is 11.9 Å². The quantitative estimate of drug-likeness (QED) is 0.314. The van der Waals surface area contributed by atoms with E-state index in [0.29, 0.717) is 18.5 Å². The predicted octanol–water partition coefficient (Wildman–Crippen LogP) is 2.93. The molecule has 252 valence electrons. The van der Waals surface area contributed by atoms with Crippen LogP contribution < -0.4 is 5.32 Å². The molecule has 5 atom stereocenters. The summed E-state index contributed by atoms with van der Waals surface area (Å²) in [6, 6.07) is 15.9. The minimum Gasteiger partial charge on any atom is -0.452 e. The Balaban J connectivity index is 1.35. The maximum atomic E-state index is 13.5. The third-order valence-electron chi connectivity index (χ3n) is 8.24. The zero-order chi connectivity index (χ0) is 33.3. The Morgan fingerprint density at radius 1 is 0.771 bits per heavy atom. The van der Waals surface area contributed by atoms with Gasteiger partial charge in [-0.05, 0) is 56.4 Å². The molecule has 14 heteroatoms. The molecule has 0 aliphatic carbocycles. The van der Waals surface area contributed by atoms with Gasteiger partial charge in [-0.3, -0.25) is 9.48 Å². The molecule has 2 aliphatic rings. The molecular weight excluding hydrogens is 618 g/mol. The van der Waals surface area contributed by atoms with E-state index in [1.165, 1.54) is 6.92 Å². The molecule has 4 heterocycles. The van der Waals surface area contributed by atoms with Gasteiger partial charge in [0.05, 0.1) is 35.7 Å². The van der Waals surface area contributed by atoms with Crippen molar-refractivity contribution >= 4 is 17.8 Å². The lowest BCUT2D eigenvalue weighted by molar-refractivity contribution is -0.266. The summed E-state index contributed by atoms with van der Waals surface area (Å²) in [6.07, 6.45) is 4.47. The molecule has 6 bridgehead atoms. The molecule has 48 heavy (non-hydrogen) atoms. The van der Waals surface area contributed by atoms with E-state index in [0.717, 1.165) is 43.5 Å². The Bertz CT molecular complexity index is 1660. The summed E-state index contributed by atoms with van der Waals surface area (Å²) in [4.78, 5) is 39.6. The van der Waals surface area contributed by atoms with Crippen LogP contribution in [0.25, 0.3) is 0 Å². The molecular formula is C34H39N7O7. The van der Waals surface area contributed by atoms with Crippen molar-refractivity contribution in [3.8, 4) is 0 Å². The van der Waals surface area contributed by atoms with E-state index in [2.05, 4.69) is 25.9 Å². The lowest BCUT2D eigenvalue weighted by Crippen LogP contribution is -2.66. The molecule has 2 aliphatic heterocycles. The van der Waals surface area contributed by atoms with Crippen LogP contribution in [-0.4, -0.2) is 85.1 Å². The van der Waals surface area contributed by atoms with E-state index in [1.54, 1.807) is 70.0 Å². The van der Waals surface area contributed by atoms with E-state index >= 15 is 0 Å². The van der Waals surface area contributed by atoms with E-state index in [4.69, 9.17) is 18.9 Å². The van der Waals surface area contributed by atoms with Crippen molar-refractivity contribution in [2.75, 3.05) is 6.61 Å². The number of aryl methyl sites for hydroxylation is 3. The summed E-state index contributed by atoms with van der Waals surface area (Å²) in [5, 5.41) is 20.1. The third kappa shape index (κ3) is 8.49. The fourth-order valence-corrected chi connectivity index (χ4v) is 5.90. The average molecular weight is 658 g/mol. The van der Waals surface area contributed by atoms with Gasteiger partial charge < -0.3 is 24.3 Å². The van der Waals surface area contributed by atoms with Crippen molar-refractivity contribution in [2.24, 2.45) is 0 Å². The van der Waals surface area contributed by atoms with E-state index < -0.39 is 48.5 Å². The van der Waals surface area contributed by atoms with Gasteiger partial charge in [0, 0.05) is 25.9 Å². The molecule has 6 rings (SSSR count). The van der Waals surface area contributed by atoms with Crippen LogP contribution in [0.15, 0.2) is 73.1 Å². The number of aromatic nitrogens is 6. The monoisotopic (exact) mass is 657 g/mol. The van der Waals surface area contributed by atoms with Crippen LogP contribution >= 0.6 is 0 Å². The smallest absolute Gasteiger partial charge is 0.338 e. The summed E-state index contributed by atoms with van der Waals surface area (Å²) in [5.41, 5.74) is 2.33. The average Bonchev–Trinajstić information content (AvgIpc) is 3.75. The summed E-state index contributed by atoms with van der Waals surface area (Å²) in [5.74, 6) is -1.72. The Hall–Kier alpha value is -4.95. The number of carbonyl (C=O) groups is 3. The molecule has 1 N–H and O–H groups in total. The summed E-state index contributed by atoms with van der Waals surface area (Å²) < 4.78 is 28.4. The number of rotatable bonds is 5. The van der Waals surface area contributed by atoms with E-state index in [9.17, 15) is 14.4 Å². The first-order valence-corrected chi connectivity index (χ1v) is 16.3. The molecule has 0 unspecified atom stereocenters. The van der Waals surface area contributed by atoms with Crippen LogP contribution in [-0.2, 0) is 49.7 Å². The van der Waals surface area contributed by atoms with Crippen molar-refractivity contribution in [2.45, 2.75) is 89.2 Å². The van der Waals surface area contributed by atoms with Gasteiger partial charge in [0.25, 0.3) is 0 Å². The topological polar surface area (TPSA) is 162 Å². The fraction of sp³-hybridized carbons (Fsp3) is 0.441. The molecule has 14 nitrogen and oxygen atoms in total. The van der Waals surface area contributed by atoms with Gasteiger partial charge in [0.15, 0.2) is 18.5 Å². The van der Waals surface area contributed by atoms with Crippen LogP contribution in [0.5, 0.6) is 0 Å². The highest BCUT2D eigenvalue weighted by atomic mass is 16.7. The van der Waals surface area contributed by atoms with Gasteiger partial charge in [0.2, 0.25) is 5.91 Å². The van der Waals surface area contributed by atoms with Gasteiger partial charge in [-0.25, -0.2) is 14.3 Å². The standard InChI is InChI=1S/C34H39N7O7/c1-23(42)35-29-31(48-33(44)25-14-7-3-8-15-25)30(47-32(43)24-12-5-2-6-13-24)28-22-41-21-27(37-39-41)17-10-4-9-16-26-20-40(38-36-26)18-11-19-45-34(29)46-28/h2-3,5-8,12-15,20-21,28-31,34H,4,9-11,16-19,22H2,1H3,(H,35,42)/t28-,29-,30-,31-,34+/m1/s1. The molecule has 0 radical (unpaired) electrons. The van der Waals surface area contributed by atoms with Gasteiger partial charge in [-0.1, -0.05) is 53.2 Å². The molecule has 2 aromatic carbocycles. The highest BCUT2D eigenvalue weighted by Gasteiger charge is 2.51. The number of fused-ring (bicyclic) bond motifs is 6. The van der Waals surface area contributed by atoms with Crippen molar-refractivity contribution in [1.82, 2.24) is 35.3 Å². The van der Waals surface area contributed by atoms with Crippen LogP contribution in [0, 0.1) is 0 Å². The molecule has 1 saturated heterocycles. The number of hydrogen-bond donors (Lipinski definition) is 1. The first-order valence-electron chi connectivity index (χ1n) is 16.3. The highest BCUT2D eigenvalue weighted by Crippen LogP contribution is 2.30. The van der Waals surface area contributed by atoms with Crippen LogP contribution in [0.3, 0.4) is 0 Å².